The van der Waals surface area contributed by atoms with Gasteiger partial charge in [0.05, 0.1) is 0 Å². The van der Waals surface area contributed by atoms with E-state index in [2.05, 4.69) is 15.5 Å². The molecule has 0 aliphatic rings. The first kappa shape index (κ1) is 9.08. The molecular weight excluding hydrogens is 201 g/mol. The minimum absolute atomic E-state index is 0.246. The maximum atomic E-state index is 12.6. The standard InChI is InChI=1S/C9H8FN3S/c1-6-12-13-9(14-6)11-8-4-2-7(10)3-5-8/h2-5H,1H3,(H,11,13). The summed E-state index contributed by atoms with van der Waals surface area (Å²) in [4.78, 5) is 0. The summed E-state index contributed by atoms with van der Waals surface area (Å²) in [6, 6.07) is 6.12. The molecule has 2 aromatic rings. The van der Waals surface area contributed by atoms with E-state index in [-0.39, 0.29) is 5.82 Å². The summed E-state index contributed by atoms with van der Waals surface area (Å²) in [5.41, 5.74) is 0.808. The second-order valence-electron chi connectivity index (χ2n) is 2.76. The van der Waals surface area contributed by atoms with Crippen molar-refractivity contribution in [3.63, 3.8) is 0 Å². The fraction of sp³-hybridized carbons (Fsp3) is 0.111. The molecule has 0 radical (unpaired) electrons. The van der Waals surface area contributed by atoms with E-state index < -0.39 is 0 Å². The minimum atomic E-state index is -0.246. The summed E-state index contributed by atoms with van der Waals surface area (Å²) in [5.74, 6) is -0.246. The average Bonchev–Trinajstić information content (AvgIpc) is 2.56. The molecule has 5 heteroatoms. The molecule has 2 rings (SSSR count). The van der Waals surface area contributed by atoms with Gasteiger partial charge in [0.2, 0.25) is 5.13 Å². The number of hydrogen-bond donors (Lipinski definition) is 1. The van der Waals surface area contributed by atoms with E-state index in [9.17, 15) is 4.39 Å². The maximum absolute atomic E-state index is 12.6. The second kappa shape index (κ2) is 3.71. The Bertz CT molecular complexity index is 424. The van der Waals surface area contributed by atoms with E-state index in [0.29, 0.717) is 5.13 Å². The number of aromatic nitrogens is 2. The van der Waals surface area contributed by atoms with Gasteiger partial charge in [-0.15, -0.1) is 10.2 Å². The maximum Gasteiger partial charge on any atom is 0.210 e. The van der Waals surface area contributed by atoms with Gasteiger partial charge in [0, 0.05) is 5.69 Å². The number of anilines is 2. The topological polar surface area (TPSA) is 37.8 Å². The van der Waals surface area contributed by atoms with E-state index in [4.69, 9.17) is 0 Å². The van der Waals surface area contributed by atoms with E-state index in [1.54, 1.807) is 12.1 Å². The monoisotopic (exact) mass is 209 g/mol. The molecule has 0 fully saturated rings. The lowest BCUT2D eigenvalue weighted by molar-refractivity contribution is 0.628. The lowest BCUT2D eigenvalue weighted by Crippen LogP contribution is -1.89. The Labute approximate surface area is 84.6 Å². The Balaban J connectivity index is 2.15. The number of aryl methyl sites for hydroxylation is 1. The van der Waals surface area contributed by atoms with Crippen molar-refractivity contribution in [3.8, 4) is 0 Å². The minimum Gasteiger partial charge on any atom is -0.330 e. The molecule has 3 nitrogen and oxygen atoms in total. The highest BCUT2D eigenvalue weighted by Gasteiger charge is 2.00. The Morgan fingerprint density at radius 3 is 2.50 bits per heavy atom. The summed E-state index contributed by atoms with van der Waals surface area (Å²) >= 11 is 1.46. The van der Waals surface area contributed by atoms with E-state index in [1.807, 2.05) is 6.92 Å². The van der Waals surface area contributed by atoms with Crippen LogP contribution in [0.15, 0.2) is 24.3 Å². The van der Waals surface area contributed by atoms with Gasteiger partial charge < -0.3 is 5.32 Å². The summed E-state index contributed by atoms with van der Waals surface area (Å²) in [7, 11) is 0. The van der Waals surface area contributed by atoms with Crippen LogP contribution in [0.25, 0.3) is 0 Å². The highest BCUT2D eigenvalue weighted by molar-refractivity contribution is 7.15. The second-order valence-corrected chi connectivity index (χ2v) is 3.94. The van der Waals surface area contributed by atoms with Gasteiger partial charge in [-0.1, -0.05) is 11.3 Å². The zero-order valence-corrected chi connectivity index (χ0v) is 8.31. The molecule has 0 saturated heterocycles. The van der Waals surface area contributed by atoms with Crippen LogP contribution < -0.4 is 5.32 Å². The number of nitrogens with one attached hydrogen (secondary N) is 1. The molecule has 0 atom stereocenters. The van der Waals surface area contributed by atoms with Crippen molar-refractivity contribution in [2.75, 3.05) is 5.32 Å². The van der Waals surface area contributed by atoms with Gasteiger partial charge in [-0.25, -0.2) is 4.39 Å². The molecule has 1 N–H and O–H groups in total. The van der Waals surface area contributed by atoms with Crippen LogP contribution in [0.1, 0.15) is 5.01 Å². The molecule has 0 aliphatic carbocycles. The van der Waals surface area contributed by atoms with Crippen molar-refractivity contribution < 1.29 is 4.39 Å². The van der Waals surface area contributed by atoms with Crippen LogP contribution in [0.4, 0.5) is 15.2 Å². The molecule has 1 heterocycles. The van der Waals surface area contributed by atoms with Crippen molar-refractivity contribution in [2.45, 2.75) is 6.92 Å². The summed E-state index contributed by atoms with van der Waals surface area (Å²) < 4.78 is 12.6. The van der Waals surface area contributed by atoms with Crippen molar-refractivity contribution in [2.24, 2.45) is 0 Å². The zero-order chi connectivity index (χ0) is 9.97. The molecule has 0 saturated carbocycles. The Kier molecular flexibility index (Phi) is 2.41. The Morgan fingerprint density at radius 1 is 1.21 bits per heavy atom. The van der Waals surface area contributed by atoms with Gasteiger partial charge in [0.25, 0.3) is 0 Å². The lowest BCUT2D eigenvalue weighted by atomic mass is 10.3. The van der Waals surface area contributed by atoms with Crippen LogP contribution in [0.5, 0.6) is 0 Å². The van der Waals surface area contributed by atoms with Gasteiger partial charge in [-0.3, -0.25) is 0 Å². The molecule has 1 aromatic carbocycles. The van der Waals surface area contributed by atoms with Crippen molar-refractivity contribution in [1.82, 2.24) is 10.2 Å². The van der Waals surface area contributed by atoms with E-state index in [1.165, 1.54) is 23.5 Å². The number of benzene rings is 1. The van der Waals surface area contributed by atoms with Gasteiger partial charge in [-0.2, -0.15) is 0 Å². The summed E-state index contributed by atoms with van der Waals surface area (Å²) in [5, 5.41) is 12.4. The van der Waals surface area contributed by atoms with Crippen LogP contribution in [0.2, 0.25) is 0 Å². The molecule has 0 bridgehead atoms. The number of halogens is 1. The lowest BCUT2D eigenvalue weighted by Gasteiger charge is -1.99. The molecule has 0 unspecified atom stereocenters. The summed E-state index contributed by atoms with van der Waals surface area (Å²) in [6.45, 7) is 1.88. The first-order valence-corrected chi connectivity index (χ1v) is 4.88. The first-order chi connectivity index (χ1) is 6.74. The number of nitrogens with zero attached hydrogens (tertiary/aromatic N) is 2. The fourth-order valence-electron chi connectivity index (χ4n) is 1.00. The normalized spacial score (nSPS) is 10.1. The third-order valence-corrected chi connectivity index (χ3v) is 2.38. The predicted molar refractivity (Wildman–Crippen MR) is 54.3 cm³/mol. The van der Waals surface area contributed by atoms with Crippen LogP contribution in [0.3, 0.4) is 0 Å². The average molecular weight is 209 g/mol. The van der Waals surface area contributed by atoms with E-state index >= 15 is 0 Å². The van der Waals surface area contributed by atoms with Crippen molar-refractivity contribution >= 4 is 22.2 Å². The SMILES string of the molecule is Cc1nnc(Nc2ccc(F)cc2)s1. The molecular formula is C9H8FN3S. The molecule has 72 valence electrons. The predicted octanol–water partition coefficient (Wildman–Crippen LogP) is 2.73. The quantitative estimate of drug-likeness (QED) is 0.826. The van der Waals surface area contributed by atoms with Crippen LogP contribution in [-0.2, 0) is 0 Å². The Morgan fingerprint density at radius 2 is 1.93 bits per heavy atom. The summed E-state index contributed by atoms with van der Waals surface area (Å²) in [6.07, 6.45) is 0. The van der Waals surface area contributed by atoms with Crippen LogP contribution >= 0.6 is 11.3 Å². The van der Waals surface area contributed by atoms with E-state index in [0.717, 1.165) is 10.7 Å². The number of hydrogen-bond acceptors (Lipinski definition) is 4. The fourth-order valence-corrected chi connectivity index (χ4v) is 1.62. The van der Waals surface area contributed by atoms with Gasteiger partial charge >= 0.3 is 0 Å². The molecule has 0 aliphatic heterocycles. The number of rotatable bonds is 2. The third kappa shape index (κ3) is 2.05. The van der Waals surface area contributed by atoms with Crippen molar-refractivity contribution in [3.05, 3.63) is 35.1 Å². The largest absolute Gasteiger partial charge is 0.330 e. The highest BCUT2D eigenvalue weighted by atomic mass is 32.1. The first-order valence-electron chi connectivity index (χ1n) is 4.07. The van der Waals surface area contributed by atoms with Crippen LogP contribution in [-0.4, -0.2) is 10.2 Å². The Hall–Kier alpha value is -1.49. The molecule has 14 heavy (non-hydrogen) atoms. The van der Waals surface area contributed by atoms with Gasteiger partial charge in [0.1, 0.15) is 10.8 Å². The third-order valence-electron chi connectivity index (χ3n) is 1.62. The molecule has 0 spiro atoms. The van der Waals surface area contributed by atoms with Crippen LogP contribution in [0, 0.1) is 12.7 Å². The van der Waals surface area contributed by atoms with Gasteiger partial charge in [0.15, 0.2) is 0 Å². The smallest absolute Gasteiger partial charge is 0.210 e. The molecule has 0 amide bonds. The highest BCUT2D eigenvalue weighted by Crippen LogP contribution is 2.19. The zero-order valence-electron chi connectivity index (χ0n) is 7.49. The van der Waals surface area contributed by atoms with Crippen molar-refractivity contribution in [1.29, 1.82) is 0 Å². The molecule has 1 aromatic heterocycles. The van der Waals surface area contributed by atoms with Gasteiger partial charge in [-0.05, 0) is 31.2 Å².